The Hall–Kier alpha value is -1.47. The molecule has 1 aromatic rings. The van der Waals surface area contributed by atoms with Crippen molar-refractivity contribution in [3.05, 3.63) is 16.1 Å². The number of rotatable bonds is 6. The fourth-order valence-electron chi connectivity index (χ4n) is 1.19. The van der Waals surface area contributed by atoms with E-state index >= 15 is 0 Å². The lowest BCUT2D eigenvalue weighted by Crippen LogP contribution is -2.31. The second-order valence-electron chi connectivity index (χ2n) is 3.53. The Bertz CT molecular complexity index is 405. The Morgan fingerprint density at radius 3 is 2.82 bits per heavy atom. The molecule has 0 unspecified atom stereocenters. The first-order valence-corrected chi connectivity index (χ1v) is 5.95. The van der Waals surface area contributed by atoms with Crippen LogP contribution in [0.1, 0.15) is 17.1 Å². The zero-order chi connectivity index (χ0) is 12.8. The fourth-order valence-corrected chi connectivity index (χ4v) is 1.80. The third kappa shape index (κ3) is 4.92. The number of carboxylic acid groups (broad SMARTS) is 1. The smallest absolute Gasteiger partial charge is 0.332 e. The molecule has 0 spiro atoms. The number of nitrogens with one attached hydrogen (secondary N) is 1. The predicted molar refractivity (Wildman–Crippen MR) is 61.8 cm³/mol. The third-order valence-corrected chi connectivity index (χ3v) is 2.86. The van der Waals surface area contributed by atoms with E-state index < -0.39 is 12.1 Å². The summed E-state index contributed by atoms with van der Waals surface area (Å²) in [6, 6.07) is 0. The van der Waals surface area contributed by atoms with Gasteiger partial charge < -0.3 is 15.5 Å². The number of thiazole rings is 1. The Balaban J connectivity index is 2.24. The number of carbonyl (C=O) groups excluding carboxylic acids is 1. The van der Waals surface area contributed by atoms with E-state index in [1.807, 2.05) is 6.92 Å². The maximum atomic E-state index is 11.4. The number of nitrogens with zero attached hydrogens (tertiary/aromatic N) is 1. The minimum atomic E-state index is -1.43. The number of amides is 1. The van der Waals surface area contributed by atoms with Crippen LogP contribution in [0.5, 0.6) is 0 Å². The number of carboxylic acids is 1. The van der Waals surface area contributed by atoms with Crippen LogP contribution in [-0.2, 0) is 16.0 Å². The van der Waals surface area contributed by atoms with Crippen LogP contribution in [0.25, 0.3) is 0 Å². The summed E-state index contributed by atoms with van der Waals surface area (Å²) in [7, 11) is 0. The molecule has 7 heteroatoms. The highest BCUT2D eigenvalue weighted by Gasteiger charge is 2.13. The summed E-state index contributed by atoms with van der Waals surface area (Å²) in [5, 5.41) is 22.6. The van der Waals surface area contributed by atoms with Crippen LogP contribution in [0.3, 0.4) is 0 Å². The van der Waals surface area contributed by atoms with E-state index in [-0.39, 0.29) is 25.3 Å². The van der Waals surface area contributed by atoms with Crippen LogP contribution < -0.4 is 5.32 Å². The van der Waals surface area contributed by atoms with Gasteiger partial charge in [-0.1, -0.05) is 0 Å². The van der Waals surface area contributed by atoms with E-state index in [1.54, 1.807) is 5.38 Å². The van der Waals surface area contributed by atoms with Gasteiger partial charge in [0.1, 0.15) is 0 Å². The molecule has 1 heterocycles. The fraction of sp³-hybridized carbons (Fsp3) is 0.500. The van der Waals surface area contributed by atoms with E-state index in [1.165, 1.54) is 11.3 Å². The number of carbonyl (C=O) groups is 2. The number of aliphatic carboxylic acids is 1. The van der Waals surface area contributed by atoms with Crippen molar-refractivity contribution in [2.75, 3.05) is 6.54 Å². The number of hydrogen-bond donors (Lipinski definition) is 3. The van der Waals surface area contributed by atoms with E-state index in [0.29, 0.717) is 5.69 Å². The molecule has 1 atom stereocenters. The molecule has 6 nitrogen and oxygen atoms in total. The minimum Gasteiger partial charge on any atom is -0.479 e. The summed E-state index contributed by atoms with van der Waals surface area (Å²) in [6.07, 6.45) is -1.26. The number of aliphatic hydroxyl groups excluding tert-OH is 1. The largest absolute Gasteiger partial charge is 0.479 e. The van der Waals surface area contributed by atoms with Crippen LogP contribution in [0.4, 0.5) is 0 Å². The maximum Gasteiger partial charge on any atom is 0.332 e. The van der Waals surface area contributed by atoms with Crippen molar-refractivity contribution in [2.45, 2.75) is 25.9 Å². The predicted octanol–water partition coefficient (Wildman–Crippen LogP) is -0.0542. The lowest BCUT2D eigenvalue weighted by molar-refractivity contribution is -0.147. The lowest BCUT2D eigenvalue weighted by atomic mass is 10.2. The van der Waals surface area contributed by atoms with Crippen molar-refractivity contribution in [1.82, 2.24) is 10.3 Å². The lowest BCUT2D eigenvalue weighted by Gasteiger charge is -2.06. The molecule has 0 aromatic carbocycles. The molecule has 94 valence electrons. The van der Waals surface area contributed by atoms with Gasteiger partial charge in [-0.05, 0) is 6.92 Å². The van der Waals surface area contributed by atoms with Gasteiger partial charge in [0.05, 0.1) is 17.1 Å². The molecule has 0 fully saturated rings. The summed E-state index contributed by atoms with van der Waals surface area (Å²) in [4.78, 5) is 25.8. The first kappa shape index (κ1) is 13.6. The molecule has 0 saturated heterocycles. The molecular formula is C10H14N2O4S. The third-order valence-electron chi connectivity index (χ3n) is 2.03. The normalized spacial score (nSPS) is 12.1. The Labute approximate surface area is 102 Å². The standard InChI is InChI=1S/C10H14N2O4S/c1-6-12-7(5-17-6)4-9(14)11-3-2-8(13)10(15)16/h5,8,13H,2-4H2,1H3,(H,11,14)(H,15,16)/t8-/m0/s1. The Kier molecular flexibility index (Phi) is 5.05. The monoisotopic (exact) mass is 258 g/mol. The topological polar surface area (TPSA) is 99.5 Å². The van der Waals surface area contributed by atoms with Crippen LogP contribution in [0.15, 0.2) is 5.38 Å². The zero-order valence-electron chi connectivity index (χ0n) is 9.34. The van der Waals surface area contributed by atoms with Crippen LogP contribution in [-0.4, -0.2) is 39.7 Å². The van der Waals surface area contributed by atoms with Crippen molar-refractivity contribution >= 4 is 23.2 Å². The van der Waals surface area contributed by atoms with Crippen LogP contribution in [0.2, 0.25) is 0 Å². The van der Waals surface area contributed by atoms with Crippen molar-refractivity contribution in [1.29, 1.82) is 0 Å². The van der Waals surface area contributed by atoms with Crippen molar-refractivity contribution in [2.24, 2.45) is 0 Å². The average molecular weight is 258 g/mol. The van der Waals surface area contributed by atoms with Gasteiger partial charge in [0.25, 0.3) is 0 Å². The summed E-state index contributed by atoms with van der Waals surface area (Å²) >= 11 is 1.47. The molecule has 0 aliphatic heterocycles. The highest BCUT2D eigenvalue weighted by molar-refractivity contribution is 7.09. The summed E-state index contributed by atoms with van der Waals surface area (Å²) in [5.41, 5.74) is 0.698. The molecule has 0 radical (unpaired) electrons. The van der Waals surface area contributed by atoms with Gasteiger partial charge in [-0.2, -0.15) is 0 Å². The molecule has 0 aliphatic rings. The van der Waals surface area contributed by atoms with Gasteiger partial charge in [0.15, 0.2) is 6.10 Å². The van der Waals surface area contributed by atoms with Gasteiger partial charge in [-0.3, -0.25) is 4.79 Å². The summed E-state index contributed by atoms with van der Waals surface area (Å²) in [6.45, 7) is 1.99. The number of aryl methyl sites for hydroxylation is 1. The summed E-state index contributed by atoms with van der Waals surface area (Å²) in [5.74, 6) is -1.51. The van der Waals surface area contributed by atoms with E-state index in [0.717, 1.165) is 5.01 Å². The highest BCUT2D eigenvalue weighted by atomic mass is 32.1. The first-order chi connectivity index (χ1) is 7.99. The van der Waals surface area contributed by atoms with E-state index in [9.17, 15) is 9.59 Å². The quantitative estimate of drug-likeness (QED) is 0.664. The van der Waals surface area contributed by atoms with Gasteiger partial charge in [-0.25, -0.2) is 9.78 Å². The molecule has 1 rings (SSSR count). The molecule has 0 saturated carbocycles. The number of hydrogen-bond acceptors (Lipinski definition) is 5. The van der Waals surface area contributed by atoms with Gasteiger partial charge in [-0.15, -0.1) is 11.3 Å². The van der Waals surface area contributed by atoms with E-state index in [2.05, 4.69) is 10.3 Å². The first-order valence-electron chi connectivity index (χ1n) is 5.07. The van der Waals surface area contributed by atoms with Crippen LogP contribution >= 0.6 is 11.3 Å². The maximum absolute atomic E-state index is 11.4. The van der Waals surface area contributed by atoms with Gasteiger partial charge >= 0.3 is 5.97 Å². The zero-order valence-corrected chi connectivity index (χ0v) is 10.2. The van der Waals surface area contributed by atoms with E-state index in [4.69, 9.17) is 10.2 Å². The molecule has 1 amide bonds. The highest BCUT2D eigenvalue weighted by Crippen LogP contribution is 2.08. The van der Waals surface area contributed by atoms with Gasteiger partial charge in [0.2, 0.25) is 5.91 Å². The van der Waals surface area contributed by atoms with Crippen molar-refractivity contribution in [3.8, 4) is 0 Å². The van der Waals surface area contributed by atoms with Crippen molar-refractivity contribution in [3.63, 3.8) is 0 Å². The van der Waals surface area contributed by atoms with Crippen molar-refractivity contribution < 1.29 is 19.8 Å². The SMILES string of the molecule is Cc1nc(CC(=O)NCC[C@H](O)C(=O)O)cs1. The molecule has 3 N–H and O–H groups in total. The minimum absolute atomic E-state index is 0.00281. The second kappa shape index (κ2) is 6.31. The molecular weight excluding hydrogens is 244 g/mol. The Morgan fingerprint density at radius 2 is 2.29 bits per heavy atom. The van der Waals surface area contributed by atoms with Gasteiger partial charge in [0, 0.05) is 18.3 Å². The second-order valence-corrected chi connectivity index (χ2v) is 4.59. The number of aromatic nitrogens is 1. The molecule has 1 aromatic heterocycles. The Morgan fingerprint density at radius 1 is 1.59 bits per heavy atom. The molecule has 0 bridgehead atoms. The number of aliphatic hydroxyl groups is 1. The summed E-state index contributed by atoms with van der Waals surface area (Å²) < 4.78 is 0. The average Bonchev–Trinajstić information content (AvgIpc) is 2.63. The molecule has 17 heavy (non-hydrogen) atoms. The van der Waals surface area contributed by atoms with Crippen LogP contribution in [0, 0.1) is 6.92 Å². The molecule has 0 aliphatic carbocycles.